The van der Waals surface area contributed by atoms with Crippen molar-refractivity contribution in [3.8, 4) is 12.1 Å². The molecule has 0 unspecified atom stereocenters. The first-order valence-electron chi connectivity index (χ1n) is 10.2. The minimum atomic E-state index is -0.666. The predicted molar refractivity (Wildman–Crippen MR) is 128 cm³/mol. The summed E-state index contributed by atoms with van der Waals surface area (Å²) in [6.07, 6.45) is 1.61. The summed E-state index contributed by atoms with van der Waals surface area (Å²) >= 11 is 3.06. The molecular weight excluding hydrogens is 444 g/mol. The Morgan fingerprint density at radius 1 is 1.28 bits per heavy atom. The van der Waals surface area contributed by atoms with Crippen LogP contribution in [-0.4, -0.2) is 46.5 Å². The normalized spacial score (nSPS) is 15.5. The van der Waals surface area contributed by atoms with Gasteiger partial charge in [-0.2, -0.15) is 22.3 Å². The van der Waals surface area contributed by atoms with Gasteiger partial charge in [0.05, 0.1) is 6.07 Å². The molecule has 2 aromatic rings. The Hall–Kier alpha value is -3.05. The van der Waals surface area contributed by atoms with Crippen LogP contribution in [0.3, 0.4) is 0 Å². The van der Waals surface area contributed by atoms with Crippen LogP contribution in [0.4, 0.5) is 5.69 Å². The number of carbonyl (C=O) groups excluding carboxylic acids is 1. The number of thioether (sulfide) groups is 1. The number of anilines is 1. The van der Waals surface area contributed by atoms with E-state index in [9.17, 15) is 14.9 Å². The molecule has 1 amide bonds. The van der Waals surface area contributed by atoms with E-state index in [4.69, 9.17) is 5.26 Å². The van der Waals surface area contributed by atoms with Crippen molar-refractivity contribution in [2.45, 2.75) is 20.0 Å². The van der Waals surface area contributed by atoms with E-state index < -0.39 is 5.91 Å². The molecule has 0 saturated carbocycles. The molecule has 1 aromatic heterocycles. The molecule has 1 aromatic carbocycles. The number of benzene rings is 1. The Bertz CT molecular complexity index is 1230. The fourth-order valence-corrected chi connectivity index (χ4v) is 5.39. The molecule has 1 aliphatic heterocycles. The minimum absolute atomic E-state index is 0.175. The second-order valence-corrected chi connectivity index (χ2v) is 9.28. The van der Waals surface area contributed by atoms with Crippen LogP contribution < -0.4 is 25.4 Å². The zero-order valence-corrected chi connectivity index (χ0v) is 19.4. The number of hydrogen-bond acceptors (Lipinski definition) is 8. The monoisotopic (exact) mass is 468 g/mol. The number of hydrogen-bond donors (Lipinski definition) is 2. The van der Waals surface area contributed by atoms with Crippen LogP contribution in [0.5, 0.6) is 0 Å². The molecule has 1 aliphatic rings. The number of nitrogens with zero attached hydrogens (tertiary/aromatic N) is 4. The highest BCUT2D eigenvalue weighted by Gasteiger charge is 2.15. The van der Waals surface area contributed by atoms with Crippen molar-refractivity contribution in [3.63, 3.8) is 0 Å². The zero-order valence-electron chi connectivity index (χ0n) is 17.8. The molecule has 32 heavy (non-hydrogen) atoms. The van der Waals surface area contributed by atoms with Gasteiger partial charge in [0.15, 0.2) is 5.57 Å². The van der Waals surface area contributed by atoms with Crippen LogP contribution in [-0.2, 0) is 17.9 Å². The molecule has 3 rings (SSSR count). The fourth-order valence-electron chi connectivity index (χ4n) is 3.32. The Morgan fingerprint density at radius 3 is 2.75 bits per heavy atom. The van der Waals surface area contributed by atoms with Crippen LogP contribution in [0.2, 0.25) is 0 Å². The Balaban J connectivity index is 1.88. The van der Waals surface area contributed by atoms with Crippen molar-refractivity contribution in [1.29, 1.82) is 10.5 Å². The van der Waals surface area contributed by atoms with Gasteiger partial charge in [0.1, 0.15) is 21.8 Å². The summed E-state index contributed by atoms with van der Waals surface area (Å²) < 4.78 is 2.06. The second-order valence-electron chi connectivity index (χ2n) is 7.03. The predicted octanol–water partition coefficient (Wildman–Crippen LogP) is 0.643. The molecule has 0 atom stereocenters. The SMILES string of the molecule is CCn1c(=O)/c(=C\Nc2cccc(CN3CCSCC3)c2)s/c1=C(/C#N)C(=O)NCC#N. The summed E-state index contributed by atoms with van der Waals surface area (Å²) in [5, 5.41) is 23.7. The average molecular weight is 469 g/mol. The number of rotatable bonds is 7. The molecule has 0 bridgehead atoms. The van der Waals surface area contributed by atoms with E-state index >= 15 is 0 Å². The summed E-state index contributed by atoms with van der Waals surface area (Å²) in [5.41, 5.74) is 1.61. The number of thiazole rings is 1. The van der Waals surface area contributed by atoms with E-state index in [1.54, 1.807) is 19.2 Å². The summed E-state index contributed by atoms with van der Waals surface area (Å²) in [6.45, 7) is 4.95. The van der Waals surface area contributed by atoms with Gasteiger partial charge in [-0.1, -0.05) is 12.1 Å². The molecule has 0 spiro atoms. The third-order valence-electron chi connectivity index (χ3n) is 4.91. The summed E-state index contributed by atoms with van der Waals surface area (Å²) in [4.78, 5) is 27.5. The molecule has 2 N–H and O–H groups in total. The number of aromatic nitrogens is 1. The topological polar surface area (TPSA) is 114 Å². The Kier molecular flexibility index (Phi) is 8.51. The molecule has 0 aliphatic carbocycles. The van der Waals surface area contributed by atoms with Crippen molar-refractivity contribution in [2.24, 2.45) is 0 Å². The molecule has 1 saturated heterocycles. The van der Waals surface area contributed by atoms with Crippen molar-refractivity contribution in [1.82, 2.24) is 14.8 Å². The highest BCUT2D eigenvalue weighted by atomic mass is 32.2. The van der Waals surface area contributed by atoms with E-state index in [0.29, 0.717) is 11.1 Å². The van der Waals surface area contributed by atoms with Gasteiger partial charge in [-0.25, -0.2) is 0 Å². The summed E-state index contributed by atoms with van der Waals surface area (Å²) in [5.74, 6) is 1.65. The summed E-state index contributed by atoms with van der Waals surface area (Å²) in [6, 6.07) is 11.7. The van der Waals surface area contributed by atoms with Crippen molar-refractivity contribution >= 4 is 46.5 Å². The molecule has 10 heteroatoms. The number of nitrogens with one attached hydrogen (secondary N) is 2. The standard InChI is InChI=1S/C22H24N6O2S2/c1-2-28-21(30)19(32-22(28)18(13-24)20(29)25-7-6-23)14-26-17-5-3-4-16(12-17)15-27-8-10-31-11-9-27/h3-5,12,14,26H,2,7-11,15H2,1H3,(H,25,29)/b19-14+,22-18-. The maximum absolute atomic E-state index is 12.8. The molecule has 0 radical (unpaired) electrons. The number of nitriles is 2. The smallest absolute Gasteiger partial charge is 0.270 e. The van der Waals surface area contributed by atoms with Gasteiger partial charge in [0, 0.05) is 49.6 Å². The molecule has 166 valence electrons. The third-order valence-corrected chi connectivity index (χ3v) is 6.98. The van der Waals surface area contributed by atoms with Crippen LogP contribution in [0.1, 0.15) is 12.5 Å². The number of carbonyl (C=O) groups is 1. The second kappa shape index (κ2) is 11.5. The third kappa shape index (κ3) is 5.80. The van der Waals surface area contributed by atoms with Gasteiger partial charge >= 0.3 is 0 Å². The Labute approximate surface area is 194 Å². The van der Waals surface area contributed by atoms with E-state index in [-0.39, 0.29) is 22.3 Å². The Morgan fingerprint density at radius 2 is 2.06 bits per heavy atom. The molecule has 8 nitrogen and oxygen atoms in total. The van der Waals surface area contributed by atoms with E-state index in [1.165, 1.54) is 10.1 Å². The van der Waals surface area contributed by atoms with E-state index in [1.807, 2.05) is 30.0 Å². The van der Waals surface area contributed by atoms with Gasteiger partial charge in [-0.05, 0) is 24.6 Å². The van der Waals surface area contributed by atoms with Gasteiger partial charge in [0.25, 0.3) is 11.5 Å². The van der Waals surface area contributed by atoms with Crippen LogP contribution in [0.25, 0.3) is 11.8 Å². The van der Waals surface area contributed by atoms with Gasteiger partial charge in [0.2, 0.25) is 0 Å². The largest absolute Gasteiger partial charge is 0.360 e. The van der Waals surface area contributed by atoms with Gasteiger partial charge in [-0.15, -0.1) is 11.3 Å². The zero-order chi connectivity index (χ0) is 22.9. The fraction of sp³-hybridized carbons (Fsp3) is 0.364. The summed E-state index contributed by atoms with van der Waals surface area (Å²) in [7, 11) is 0. The van der Waals surface area contributed by atoms with Crippen LogP contribution in [0.15, 0.2) is 29.1 Å². The van der Waals surface area contributed by atoms with Crippen molar-refractivity contribution in [2.75, 3.05) is 36.5 Å². The van der Waals surface area contributed by atoms with Gasteiger partial charge < -0.3 is 10.6 Å². The first-order chi connectivity index (χ1) is 15.6. The van der Waals surface area contributed by atoms with E-state index in [2.05, 4.69) is 27.7 Å². The van der Waals surface area contributed by atoms with Crippen LogP contribution in [0, 0.1) is 22.7 Å². The molecule has 2 heterocycles. The minimum Gasteiger partial charge on any atom is -0.360 e. The van der Waals surface area contributed by atoms with Gasteiger partial charge in [-0.3, -0.25) is 19.1 Å². The highest BCUT2D eigenvalue weighted by Crippen LogP contribution is 2.16. The lowest BCUT2D eigenvalue weighted by Gasteiger charge is -2.26. The highest BCUT2D eigenvalue weighted by molar-refractivity contribution is 7.99. The molecular formula is C22H24N6O2S2. The van der Waals surface area contributed by atoms with E-state index in [0.717, 1.165) is 48.2 Å². The van der Waals surface area contributed by atoms with Crippen molar-refractivity contribution < 1.29 is 4.79 Å². The van der Waals surface area contributed by atoms with Crippen LogP contribution >= 0.6 is 23.1 Å². The van der Waals surface area contributed by atoms with Crippen molar-refractivity contribution in [3.05, 3.63) is 49.4 Å². The average Bonchev–Trinajstić information content (AvgIpc) is 3.12. The first-order valence-corrected chi connectivity index (χ1v) is 12.2. The maximum Gasteiger partial charge on any atom is 0.270 e. The lowest BCUT2D eigenvalue weighted by Crippen LogP contribution is -2.34. The number of amides is 1. The molecule has 1 fully saturated rings. The lowest BCUT2D eigenvalue weighted by molar-refractivity contribution is -0.115. The first kappa shape index (κ1) is 23.6. The maximum atomic E-state index is 12.8. The lowest BCUT2D eigenvalue weighted by atomic mass is 10.2. The quantitative estimate of drug-likeness (QED) is 0.573.